The zero-order valence-electron chi connectivity index (χ0n) is 8.05. The molecule has 1 aliphatic heterocycles. The maximum atomic E-state index is 6.01. The third-order valence-electron chi connectivity index (χ3n) is 2.69. The fourth-order valence-electron chi connectivity index (χ4n) is 1.86. The van der Waals surface area contributed by atoms with Gasteiger partial charge in [-0.1, -0.05) is 19.1 Å². The second-order valence-electron chi connectivity index (χ2n) is 3.64. The molecule has 2 heteroatoms. The van der Waals surface area contributed by atoms with Crippen molar-refractivity contribution in [3.05, 3.63) is 12.2 Å². The van der Waals surface area contributed by atoms with Crippen molar-refractivity contribution in [1.29, 1.82) is 0 Å². The molecule has 70 valence electrons. The Labute approximate surface area is 74.8 Å². The molecular weight excluding hydrogens is 150 g/mol. The van der Waals surface area contributed by atoms with Crippen molar-refractivity contribution < 1.29 is 4.74 Å². The molecule has 12 heavy (non-hydrogen) atoms. The van der Waals surface area contributed by atoms with Crippen molar-refractivity contribution in [2.24, 2.45) is 11.7 Å². The maximum Gasteiger partial charge on any atom is 0.0619 e. The van der Waals surface area contributed by atoms with E-state index >= 15 is 0 Å². The van der Waals surface area contributed by atoms with Gasteiger partial charge in [-0.25, -0.2) is 0 Å². The first-order valence-electron chi connectivity index (χ1n) is 4.69. The smallest absolute Gasteiger partial charge is 0.0619 e. The molecule has 1 aliphatic rings. The Morgan fingerprint density at radius 1 is 1.75 bits per heavy atom. The fourth-order valence-corrected chi connectivity index (χ4v) is 1.86. The molecule has 1 saturated heterocycles. The van der Waals surface area contributed by atoms with Crippen molar-refractivity contribution >= 4 is 0 Å². The molecule has 0 radical (unpaired) electrons. The summed E-state index contributed by atoms with van der Waals surface area (Å²) in [6, 6.07) is 0.123. The van der Waals surface area contributed by atoms with Crippen LogP contribution in [0, 0.1) is 5.92 Å². The Morgan fingerprint density at radius 3 is 2.92 bits per heavy atom. The zero-order valence-corrected chi connectivity index (χ0v) is 8.05. The summed E-state index contributed by atoms with van der Waals surface area (Å²) >= 11 is 0. The molecule has 0 aromatic heterocycles. The first-order chi connectivity index (χ1) is 5.66. The molecule has 3 atom stereocenters. The maximum absolute atomic E-state index is 6.01. The summed E-state index contributed by atoms with van der Waals surface area (Å²) in [5.41, 5.74) is 7.08. The highest BCUT2D eigenvalue weighted by molar-refractivity contribution is 5.05. The summed E-state index contributed by atoms with van der Waals surface area (Å²) in [5.74, 6) is 0.493. The van der Waals surface area contributed by atoms with Crippen LogP contribution in [0.1, 0.15) is 26.7 Å². The van der Waals surface area contributed by atoms with Crippen LogP contribution in [-0.4, -0.2) is 18.8 Å². The second kappa shape index (κ2) is 4.06. The third kappa shape index (κ3) is 1.87. The highest BCUT2D eigenvalue weighted by Gasteiger charge is 2.31. The predicted molar refractivity (Wildman–Crippen MR) is 50.9 cm³/mol. The molecular formula is C10H19NO. The lowest BCUT2D eigenvalue weighted by atomic mass is 9.88. The van der Waals surface area contributed by atoms with Gasteiger partial charge in [0.25, 0.3) is 0 Å². The Balaban J connectivity index is 2.55. The third-order valence-corrected chi connectivity index (χ3v) is 2.69. The molecule has 2 nitrogen and oxygen atoms in total. The first-order valence-corrected chi connectivity index (χ1v) is 4.69. The van der Waals surface area contributed by atoms with Crippen LogP contribution < -0.4 is 5.73 Å². The summed E-state index contributed by atoms with van der Waals surface area (Å²) in [4.78, 5) is 0. The molecule has 0 bridgehead atoms. The van der Waals surface area contributed by atoms with Gasteiger partial charge in [0.2, 0.25) is 0 Å². The van der Waals surface area contributed by atoms with Gasteiger partial charge in [-0.2, -0.15) is 0 Å². The van der Waals surface area contributed by atoms with Crippen molar-refractivity contribution in [3.8, 4) is 0 Å². The van der Waals surface area contributed by atoms with Gasteiger partial charge >= 0.3 is 0 Å². The van der Waals surface area contributed by atoms with Crippen molar-refractivity contribution in [1.82, 2.24) is 0 Å². The van der Waals surface area contributed by atoms with Crippen LogP contribution in [0.15, 0.2) is 12.2 Å². The Morgan fingerprint density at radius 2 is 2.42 bits per heavy atom. The van der Waals surface area contributed by atoms with E-state index in [9.17, 15) is 0 Å². The van der Waals surface area contributed by atoms with E-state index in [0.717, 1.165) is 25.0 Å². The van der Waals surface area contributed by atoms with E-state index in [1.807, 2.05) is 6.92 Å². The molecule has 2 N–H and O–H groups in total. The van der Waals surface area contributed by atoms with E-state index < -0.39 is 0 Å². The minimum atomic E-state index is 0.123. The molecule has 1 heterocycles. The number of nitrogens with two attached hydrogens (primary N) is 1. The van der Waals surface area contributed by atoms with E-state index in [4.69, 9.17) is 10.5 Å². The fraction of sp³-hybridized carbons (Fsp3) is 0.800. The van der Waals surface area contributed by atoms with Crippen LogP contribution in [0.3, 0.4) is 0 Å². The molecule has 3 unspecified atom stereocenters. The summed E-state index contributed by atoms with van der Waals surface area (Å²) in [7, 11) is 0. The normalized spacial score (nSPS) is 31.9. The Kier molecular flexibility index (Phi) is 3.29. The lowest BCUT2D eigenvalue weighted by molar-refractivity contribution is 0.0840. The van der Waals surface area contributed by atoms with Crippen LogP contribution in [-0.2, 0) is 4.74 Å². The van der Waals surface area contributed by atoms with Crippen LogP contribution >= 0.6 is 0 Å². The summed E-state index contributed by atoms with van der Waals surface area (Å²) in [6.45, 7) is 8.90. The number of hydrogen-bond donors (Lipinski definition) is 1. The quantitative estimate of drug-likeness (QED) is 0.653. The molecule has 0 aromatic rings. The summed E-state index contributed by atoms with van der Waals surface area (Å²) in [6.07, 6.45) is 2.51. The van der Waals surface area contributed by atoms with Crippen molar-refractivity contribution in [2.45, 2.75) is 38.8 Å². The first kappa shape index (κ1) is 9.75. The molecule has 1 fully saturated rings. The standard InChI is InChI=1S/C10H19NO/c1-4-9-8(5-6-12-9)10(11)7(2)3/h8-10H,2,4-6,11H2,1,3H3. The average Bonchev–Trinajstić information content (AvgIpc) is 2.49. The number of ether oxygens (including phenoxy) is 1. The highest BCUT2D eigenvalue weighted by atomic mass is 16.5. The van der Waals surface area contributed by atoms with Gasteiger partial charge in [0, 0.05) is 18.6 Å². The minimum Gasteiger partial charge on any atom is -0.378 e. The van der Waals surface area contributed by atoms with E-state index in [1.165, 1.54) is 0 Å². The van der Waals surface area contributed by atoms with Crippen LogP contribution in [0.25, 0.3) is 0 Å². The lowest BCUT2D eigenvalue weighted by Crippen LogP contribution is -2.35. The molecule has 1 rings (SSSR count). The SMILES string of the molecule is C=C(C)C(N)C1CCOC1CC. The van der Waals surface area contributed by atoms with Crippen molar-refractivity contribution in [2.75, 3.05) is 6.61 Å². The van der Waals surface area contributed by atoms with Gasteiger partial charge in [0.1, 0.15) is 0 Å². The summed E-state index contributed by atoms with van der Waals surface area (Å²) < 4.78 is 5.56. The average molecular weight is 169 g/mol. The van der Waals surface area contributed by atoms with Gasteiger partial charge in [-0.3, -0.25) is 0 Å². The Hall–Kier alpha value is -0.340. The molecule has 0 saturated carbocycles. The monoisotopic (exact) mass is 169 g/mol. The second-order valence-corrected chi connectivity index (χ2v) is 3.64. The molecule has 0 spiro atoms. The minimum absolute atomic E-state index is 0.123. The van der Waals surface area contributed by atoms with E-state index in [1.54, 1.807) is 0 Å². The number of hydrogen-bond acceptors (Lipinski definition) is 2. The molecule has 0 aliphatic carbocycles. The van der Waals surface area contributed by atoms with Crippen LogP contribution in [0.4, 0.5) is 0 Å². The van der Waals surface area contributed by atoms with E-state index in [0.29, 0.717) is 12.0 Å². The Bertz CT molecular complexity index is 167. The highest BCUT2D eigenvalue weighted by Crippen LogP contribution is 2.27. The van der Waals surface area contributed by atoms with Crippen LogP contribution in [0.2, 0.25) is 0 Å². The van der Waals surface area contributed by atoms with E-state index in [2.05, 4.69) is 13.5 Å². The van der Waals surface area contributed by atoms with Crippen molar-refractivity contribution in [3.63, 3.8) is 0 Å². The van der Waals surface area contributed by atoms with Gasteiger partial charge in [0.15, 0.2) is 0 Å². The lowest BCUT2D eigenvalue weighted by Gasteiger charge is -2.23. The van der Waals surface area contributed by atoms with Gasteiger partial charge < -0.3 is 10.5 Å². The number of rotatable bonds is 3. The van der Waals surface area contributed by atoms with Gasteiger partial charge in [-0.15, -0.1) is 0 Å². The molecule has 0 amide bonds. The zero-order chi connectivity index (χ0) is 9.14. The van der Waals surface area contributed by atoms with Crippen LogP contribution in [0.5, 0.6) is 0 Å². The van der Waals surface area contributed by atoms with Gasteiger partial charge in [-0.05, 0) is 19.8 Å². The largest absolute Gasteiger partial charge is 0.378 e. The summed E-state index contributed by atoms with van der Waals surface area (Å²) in [5, 5.41) is 0. The predicted octanol–water partition coefficient (Wildman–Crippen LogP) is 1.70. The molecule has 0 aromatic carbocycles. The topological polar surface area (TPSA) is 35.2 Å². The van der Waals surface area contributed by atoms with E-state index in [-0.39, 0.29) is 6.04 Å². The van der Waals surface area contributed by atoms with Gasteiger partial charge in [0.05, 0.1) is 6.10 Å².